The number of benzene rings is 2. The Morgan fingerprint density at radius 1 is 1.19 bits per heavy atom. The zero-order valence-corrected chi connectivity index (χ0v) is 15.2. The second-order valence-electron chi connectivity index (χ2n) is 6.82. The first-order valence-electron chi connectivity index (χ1n) is 9.14. The number of tetrazole rings is 1. The fourth-order valence-corrected chi connectivity index (χ4v) is 2.96. The number of aromatic nitrogens is 4. The van der Waals surface area contributed by atoms with Gasteiger partial charge in [0.2, 0.25) is 5.91 Å². The van der Waals surface area contributed by atoms with Crippen molar-refractivity contribution >= 4 is 11.6 Å². The lowest BCUT2D eigenvalue weighted by atomic mass is 10.1. The van der Waals surface area contributed by atoms with E-state index in [0.717, 1.165) is 35.5 Å². The fourth-order valence-electron chi connectivity index (χ4n) is 2.96. The highest BCUT2D eigenvalue weighted by Crippen LogP contribution is 2.36. The van der Waals surface area contributed by atoms with Crippen molar-refractivity contribution in [2.24, 2.45) is 0 Å². The van der Waals surface area contributed by atoms with E-state index in [1.165, 1.54) is 5.56 Å². The van der Waals surface area contributed by atoms with E-state index in [1.54, 1.807) is 0 Å². The van der Waals surface area contributed by atoms with E-state index < -0.39 is 0 Å². The van der Waals surface area contributed by atoms with Crippen molar-refractivity contribution in [3.8, 4) is 11.4 Å². The van der Waals surface area contributed by atoms with Gasteiger partial charge in [0.25, 0.3) is 0 Å². The lowest BCUT2D eigenvalue weighted by Crippen LogP contribution is -2.29. The Morgan fingerprint density at radius 3 is 2.85 bits per heavy atom. The Morgan fingerprint density at radius 2 is 2.04 bits per heavy atom. The molecule has 1 heterocycles. The minimum absolute atomic E-state index is 0.0496. The third kappa shape index (κ3) is 4.13. The summed E-state index contributed by atoms with van der Waals surface area (Å²) in [6.07, 6.45) is 2.24. The summed E-state index contributed by atoms with van der Waals surface area (Å²) in [6, 6.07) is 16.3. The smallest absolute Gasteiger partial charge is 0.239 e. The third-order valence-corrected chi connectivity index (χ3v) is 4.70. The molecule has 3 aromatic rings. The normalized spacial score (nSPS) is 13.4. The molecule has 0 saturated heterocycles. The highest BCUT2D eigenvalue weighted by atomic mass is 16.1. The van der Waals surface area contributed by atoms with Crippen LogP contribution in [-0.2, 0) is 11.3 Å². The van der Waals surface area contributed by atoms with Crippen LogP contribution < -0.4 is 10.6 Å². The molecule has 4 rings (SSSR count). The maximum Gasteiger partial charge on any atom is 0.239 e. The van der Waals surface area contributed by atoms with Gasteiger partial charge < -0.3 is 10.6 Å². The molecule has 0 bridgehead atoms. The van der Waals surface area contributed by atoms with Crippen LogP contribution in [0.2, 0.25) is 0 Å². The topological polar surface area (TPSA) is 84.7 Å². The highest BCUT2D eigenvalue weighted by molar-refractivity contribution is 5.81. The highest BCUT2D eigenvalue weighted by Gasteiger charge is 2.28. The first-order chi connectivity index (χ1) is 13.2. The van der Waals surface area contributed by atoms with Crippen molar-refractivity contribution < 1.29 is 4.79 Å². The van der Waals surface area contributed by atoms with Gasteiger partial charge in [-0.2, -0.15) is 0 Å². The summed E-state index contributed by atoms with van der Waals surface area (Å²) >= 11 is 0. The van der Waals surface area contributed by atoms with Crippen molar-refractivity contribution in [1.29, 1.82) is 0 Å². The number of anilines is 1. The summed E-state index contributed by atoms with van der Waals surface area (Å²) in [4.78, 5) is 12.2. The molecule has 2 aromatic carbocycles. The van der Waals surface area contributed by atoms with Gasteiger partial charge in [0.15, 0.2) is 5.82 Å². The van der Waals surface area contributed by atoms with Crippen LogP contribution in [0.15, 0.2) is 48.5 Å². The summed E-state index contributed by atoms with van der Waals surface area (Å²) in [5.41, 5.74) is 4.10. The maximum atomic E-state index is 12.2. The molecule has 1 aliphatic rings. The van der Waals surface area contributed by atoms with E-state index in [2.05, 4.69) is 26.2 Å². The molecular formula is C20H22N6O. The van der Waals surface area contributed by atoms with Gasteiger partial charge in [0, 0.05) is 17.8 Å². The predicted molar refractivity (Wildman–Crippen MR) is 103 cm³/mol. The first-order valence-corrected chi connectivity index (χ1v) is 9.14. The molecule has 0 atom stereocenters. The standard InChI is InChI=1S/C20H22N6O/c1-14-5-2-3-6-16(14)12-22-19(27)13-21-17-8-4-7-15(11-17)20-23-24-25-26(20)18-9-10-18/h2-8,11,18,21H,9-10,12-13H2,1H3,(H,22,27). The molecule has 0 radical (unpaired) electrons. The Labute approximate surface area is 157 Å². The lowest BCUT2D eigenvalue weighted by molar-refractivity contribution is -0.119. The van der Waals surface area contributed by atoms with E-state index in [0.29, 0.717) is 12.6 Å². The van der Waals surface area contributed by atoms with Crippen molar-refractivity contribution in [2.75, 3.05) is 11.9 Å². The molecule has 2 N–H and O–H groups in total. The largest absolute Gasteiger partial charge is 0.376 e. The molecule has 0 aliphatic heterocycles. The SMILES string of the molecule is Cc1ccccc1CNC(=O)CNc1cccc(-c2nnnn2C2CC2)c1. The van der Waals surface area contributed by atoms with Crippen molar-refractivity contribution in [3.05, 3.63) is 59.7 Å². The summed E-state index contributed by atoms with van der Waals surface area (Å²) in [5, 5.41) is 18.2. The van der Waals surface area contributed by atoms with E-state index in [9.17, 15) is 4.79 Å². The summed E-state index contributed by atoms with van der Waals surface area (Å²) < 4.78 is 1.88. The van der Waals surface area contributed by atoms with Crippen molar-refractivity contribution in [1.82, 2.24) is 25.5 Å². The number of carbonyl (C=O) groups is 1. The monoisotopic (exact) mass is 362 g/mol. The van der Waals surface area contributed by atoms with E-state index in [4.69, 9.17) is 0 Å². The van der Waals surface area contributed by atoms with E-state index in [-0.39, 0.29) is 12.5 Å². The maximum absolute atomic E-state index is 12.2. The van der Waals surface area contributed by atoms with Gasteiger partial charge in [-0.25, -0.2) is 4.68 Å². The Bertz CT molecular complexity index is 947. The van der Waals surface area contributed by atoms with Gasteiger partial charge in [-0.05, 0) is 53.5 Å². The molecule has 1 amide bonds. The molecule has 1 aliphatic carbocycles. The second-order valence-corrected chi connectivity index (χ2v) is 6.82. The number of amides is 1. The lowest BCUT2D eigenvalue weighted by Gasteiger charge is -2.10. The Balaban J connectivity index is 1.35. The molecular weight excluding hydrogens is 340 g/mol. The second kappa shape index (κ2) is 7.57. The number of carbonyl (C=O) groups excluding carboxylic acids is 1. The van der Waals surface area contributed by atoms with Crippen LogP contribution in [0.4, 0.5) is 5.69 Å². The van der Waals surface area contributed by atoms with Crippen LogP contribution in [-0.4, -0.2) is 32.7 Å². The number of aryl methyl sites for hydroxylation is 1. The average molecular weight is 362 g/mol. The minimum atomic E-state index is -0.0496. The molecule has 7 nitrogen and oxygen atoms in total. The predicted octanol–water partition coefficient (Wildman–Crippen LogP) is 2.71. The zero-order valence-electron chi connectivity index (χ0n) is 15.2. The molecule has 27 heavy (non-hydrogen) atoms. The van der Waals surface area contributed by atoms with Crippen LogP contribution >= 0.6 is 0 Å². The van der Waals surface area contributed by atoms with Gasteiger partial charge in [-0.3, -0.25) is 4.79 Å². The third-order valence-electron chi connectivity index (χ3n) is 4.70. The van der Waals surface area contributed by atoms with Crippen LogP contribution in [0.1, 0.15) is 30.0 Å². The molecule has 1 aromatic heterocycles. The quantitative estimate of drug-likeness (QED) is 0.675. The van der Waals surface area contributed by atoms with Crippen LogP contribution in [0.5, 0.6) is 0 Å². The van der Waals surface area contributed by atoms with Crippen LogP contribution in [0.25, 0.3) is 11.4 Å². The number of nitrogens with one attached hydrogen (secondary N) is 2. The van der Waals surface area contributed by atoms with E-state index in [1.807, 2.05) is 60.1 Å². The molecule has 7 heteroatoms. The van der Waals surface area contributed by atoms with Gasteiger partial charge in [-0.1, -0.05) is 36.4 Å². The van der Waals surface area contributed by atoms with Crippen molar-refractivity contribution in [2.45, 2.75) is 32.4 Å². The molecule has 0 spiro atoms. The number of nitrogens with zero attached hydrogens (tertiary/aromatic N) is 4. The molecule has 1 saturated carbocycles. The minimum Gasteiger partial charge on any atom is -0.376 e. The number of rotatable bonds is 7. The molecule has 138 valence electrons. The summed E-state index contributed by atoms with van der Waals surface area (Å²) in [6.45, 7) is 2.78. The first kappa shape index (κ1) is 17.2. The Kier molecular flexibility index (Phi) is 4.82. The van der Waals surface area contributed by atoms with Gasteiger partial charge in [-0.15, -0.1) is 5.10 Å². The number of hydrogen-bond donors (Lipinski definition) is 2. The van der Waals surface area contributed by atoms with Crippen molar-refractivity contribution in [3.63, 3.8) is 0 Å². The summed E-state index contributed by atoms with van der Waals surface area (Å²) in [5.74, 6) is 0.719. The van der Waals surface area contributed by atoms with Gasteiger partial charge in [0.1, 0.15) is 0 Å². The fraction of sp³-hybridized carbons (Fsp3) is 0.300. The Hall–Kier alpha value is -3.22. The number of hydrogen-bond acceptors (Lipinski definition) is 5. The van der Waals surface area contributed by atoms with Crippen LogP contribution in [0, 0.1) is 6.92 Å². The average Bonchev–Trinajstić information content (AvgIpc) is 3.42. The zero-order chi connectivity index (χ0) is 18.6. The van der Waals surface area contributed by atoms with Gasteiger partial charge >= 0.3 is 0 Å². The van der Waals surface area contributed by atoms with E-state index >= 15 is 0 Å². The molecule has 0 unspecified atom stereocenters. The summed E-state index contributed by atoms with van der Waals surface area (Å²) in [7, 11) is 0. The van der Waals surface area contributed by atoms with Crippen LogP contribution in [0.3, 0.4) is 0 Å². The van der Waals surface area contributed by atoms with Gasteiger partial charge in [0.05, 0.1) is 12.6 Å². The molecule has 1 fully saturated rings.